The van der Waals surface area contributed by atoms with E-state index >= 15 is 0 Å². The summed E-state index contributed by atoms with van der Waals surface area (Å²) in [6.07, 6.45) is -7.71. The average Bonchev–Trinajstić information content (AvgIpc) is 2.52. The SMILES string of the molecule is OCC(CO)N(CC1OC(O)C(O)C(O)C1O)C(CO)CO. The van der Waals surface area contributed by atoms with Crippen LogP contribution in [-0.4, -0.2) is 122 Å². The third-order valence-electron chi connectivity index (χ3n) is 3.86. The van der Waals surface area contributed by atoms with Gasteiger partial charge in [-0.05, 0) is 0 Å². The van der Waals surface area contributed by atoms with Crippen molar-refractivity contribution in [1.82, 2.24) is 4.90 Å². The molecule has 1 saturated heterocycles. The van der Waals surface area contributed by atoms with Crippen molar-refractivity contribution in [3.63, 3.8) is 0 Å². The highest BCUT2D eigenvalue weighted by Gasteiger charge is 2.44. The average molecular weight is 327 g/mol. The van der Waals surface area contributed by atoms with E-state index in [0.717, 1.165) is 0 Å². The topological polar surface area (TPSA) is 174 Å². The fraction of sp³-hybridized carbons (Fsp3) is 1.00. The zero-order valence-corrected chi connectivity index (χ0v) is 12.0. The zero-order valence-electron chi connectivity index (χ0n) is 12.0. The second-order valence-electron chi connectivity index (χ2n) is 5.27. The first-order valence-corrected chi connectivity index (χ1v) is 6.98. The normalized spacial score (nSPS) is 33.1. The van der Waals surface area contributed by atoms with Crippen LogP contribution in [0.2, 0.25) is 0 Å². The summed E-state index contributed by atoms with van der Waals surface area (Å²) in [4.78, 5) is 1.31. The molecule has 0 spiro atoms. The van der Waals surface area contributed by atoms with Crippen LogP contribution in [0.25, 0.3) is 0 Å². The number of nitrogens with zero attached hydrogens (tertiary/aromatic N) is 1. The predicted molar refractivity (Wildman–Crippen MR) is 71.5 cm³/mol. The van der Waals surface area contributed by atoms with E-state index in [4.69, 9.17) is 4.74 Å². The van der Waals surface area contributed by atoms with Crippen molar-refractivity contribution in [1.29, 1.82) is 0 Å². The van der Waals surface area contributed by atoms with Crippen molar-refractivity contribution in [3.05, 3.63) is 0 Å². The Kier molecular flexibility index (Phi) is 8.07. The molecule has 132 valence electrons. The molecule has 5 unspecified atom stereocenters. The second-order valence-corrected chi connectivity index (χ2v) is 5.27. The molecule has 10 nitrogen and oxygen atoms in total. The van der Waals surface area contributed by atoms with Crippen LogP contribution in [0.15, 0.2) is 0 Å². The molecular formula is C12H25NO9. The van der Waals surface area contributed by atoms with Crippen LogP contribution in [0.5, 0.6) is 0 Å². The smallest absolute Gasteiger partial charge is 0.184 e. The number of aliphatic hydroxyl groups excluding tert-OH is 8. The van der Waals surface area contributed by atoms with Gasteiger partial charge < -0.3 is 45.6 Å². The lowest BCUT2D eigenvalue weighted by molar-refractivity contribution is -0.285. The zero-order chi connectivity index (χ0) is 16.9. The maximum atomic E-state index is 9.91. The first-order chi connectivity index (χ1) is 10.4. The summed E-state index contributed by atoms with van der Waals surface area (Å²) < 4.78 is 5.02. The molecule has 0 aromatic carbocycles. The van der Waals surface area contributed by atoms with Gasteiger partial charge in [0.1, 0.15) is 24.4 Å². The molecule has 1 fully saturated rings. The van der Waals surface area contributed by atoms with Crippen LogP contribution in [0.4, 0.5) is 0 Å². The van der Waals surface area contributed by atoms with Crippen molar-refractivity contribution in [2.45, 2.75) is 42.8 Å². The number of ether oxygens (including phenoxy) is 1. The summed E-state index contributed by atoms with van der Waals surface area (Å²) in [7, 11) is 0. The van der Waals surface area contributed by atoms with Crippen molar-refractivity contribution in [3.8, 4) is 0 Å². The Balaban J connectivity index is 2.88. The third kappa shape index (κ3) is 4.32. The lowest BCUT2D eigenvalue weighted by atomic mass is 9.97. The predicted octanol–water partition coefficient (Wildman–Crippen LogP) is -5.21. The third-order valence-corrected chi connectivity index (χ3v) is 3.86. The largest absolute Gasteiger partial charge is 0.395 e. The summed E-state index contributed by atoms with van der Waals surface area (Å²) in [5, 5.41) is 75.5. The Labute approximate surface area is 127 Å². The molecule has 0 amide bonds. The highest BCUT2D eigenvalue weighted by Crippen LogP contribution is 2.22. The quantitative estimate of drug-likeness (QED) is 0.215. The first-order valence-electron chi connectivity index (χ1n) is 6.98. The summed E-state index contributed by atoms with van der Waals surface area (Å²) in [5.74, 6) is 0. The van der Waals surface area contributed by atoms with Gasteiger partial charge >= 0.3 is 0 Å². The fourth-order valence-electron chi connectivity index (χ4n) is 2.42. The second kappa shape index (κ2) is 9.03. The van der Waals surface area contributed by atoms with Crippen molar-refractivity contribution >= 4 is 0 Å². The summed E-state index contributed by atoms with van der Waals surface area (Å²) in [6.45, 7) is -2.14. The van der Waals surface area contributed by atoms with Gasteiger partial charge in [0, 0.05) is 6.54 Å². The van der Waals surface area contributed by atoms with Gasteiger partial charge in [-0.3, -0.25) is 4.90 Å². The molecule has 1 rings (SSSR count). The molecule has 0 bridgehead atoms. The minimum absolute atomic E-state index is 0.209. The van der Waals surface area contributed by atoms with Crippen LogP contribution in [-0.2, 0) is 4.74 Å². The van der Waals surface area contributed by atoms with E-state index in [2.05, 4.69) is 0 Å². The van der Waals surface area contributed by atoms with Gasteiger partial charge in [-0.2, -0.15) is 0 Å². The van der Waals surface area contributed by atoms with Gasteiger partial charge in [0.15, 0.2) is 6.29 Å². The maximum Gasteiger partial charge on any atom is 0.184 e. The lowest BCUT2D eigenvalue weighted by Crippen LogP contribution is -2.62. The van der Waals surface area contributed by atoms with E-state index in [1.807, 2.05) is 0 Å². The van der Waals surface area contributed by atoms with Crippen LogP contribution < -0.4 is 0 Å². The number of hydrogen-bond donors (Lipinski definition) is 8. The van der Waals surface area contributed by atoms with Gasteiger partial charge in [0.05, 0.1) is 38.5 Å². The van der Waals surface area contributed by atoms with Crippen LogP contribution >= 0.6 is 0 Å². The van der Waals surface area contributed by atoms with Gasteiger partial charge in [0.25, 0.3) is 0 Å². The number of hydrogen-bond acceptors (Lipinski definition) is 10. The maximum absolute atomic E-state index is 9.91. The van der Waals surface area contributed by atoms with Crippen LogP contribution in [0.1, 0.15) is 0 Å². The molecule has 5 atom stereocenters. The minimum Gasteiger partial charge on any atom is -0.395 e. The Morgan fingerprint density at radius 1 is 0.727 bits per heavy atom. The van der Waals surface area contributed by atoms with Crippen molar-refractivity contribution in [2.75, 3.05) is 33.0 Å². The standard InChI is InChI=1S/C12H25NO9/c14-2-6(3-15)13(7(4-16)5-17)1-8-9(18)10(19)11(20)12(21)22-8/h6-12,14-21H,1-5H2. The number of aliphatic hydroxyl groups is 8. The Morgan fingerprint density at radius 3 is 1.59 bits per heavy atom. The lowest BCUT2D eigenvalue weighted by Gasteiger charge is -2.43. The molecule has 0 aromatic heterocycles. The molecular weight excluding hydrogens is 302 g/mol. The summed E-state index contributed by atoms with van der Waals surface area (Å²) in [5.41, 5.74) is 0. The Morgan fingerprint density at radius 2 is 1.18 bits per heavy atom. The van der Waals surface area contributed by atoms with Gasteiger partial charge in [-0.15, -0.1) is 0 Å². The van der Waals surface area contributed by atoms with E-state index in [1.165, 1.54) is 4.90 Å². The molecule has 0 saturated carbocycles. The fourth-order valence-corrected chi connectivity index (χ4v) is 2.42. The van der Waals surface area contributed by atoms with Gasteiger partial charge in [-0.25, -0.2) is 0 Å². The summed E-state index contributed by atoms with van der Waals surface area (Å²) >= 11 is 0. The van der Waals surface area contributed by atoms with Gasteiger partial charge in [0.2, 0.25) is 0 Å². The minimum atomic E-state index is -1.71. The van der Waals surface area contributed by atoms with Crippen LogP contribution in [0, 0.1) is 0 Å². The molecule has 0 aromatic rings. The molecule has 1 aliphatic heterocycles. The molecule has 1 aliphatic rings. The highest BCUT2D eigenvalue weighted by molar-refractivity contribution is 4.92. The molecule has 10 heteroatoms. The van der Waals surface area contributed by atoms with E-state index in [0.29, 0.717) is 0 Å². The van der Waals surface area contributed by atoms with Crippen molar-refractivity contribution < 1.29 is 45.6 Å². The number of rotatable bonds is 8. The molecule has 0 radical (unpaired) electrons. The van der Waals surface area contributed by atoms with Gasteiger partial charge in [-0.1, -0.05) is 0 Å². The molecule has 8 N–H and O–H groups in total. The van der Waals surface area contributed by atoms with E-state index in [-0.39, 0.29) is 6.54 Å². The Bertz CT molecular complexity index is 301. The molecule has 22 heavy (non-hydrogen) atoms. The first kappa shape index (κ1) is 19.6. The van der Waals surface area contributed by atoms with E-state index < -0.39 is 69.2 Å². The monoisotopic (exact) mass is 327 g/mol. The Hall–Kier alpha value is -0.400. The summed E-state index contributed by atoms with van der Waals surface area (Å²) in [6, 6.07) is -1.69. The van der Waals surface area contributed by atoms with Crippen molar-refractivity contribution in [2.24, 2.45) is 0 Å². The molecule has 1 heterocycles. The highest BCUT2D eigenvalue weighted by atomic mass is 16.6. The molecule has 0 aliphatic carbocycles. The van der Waals surface area contributed by atoms with E-state index in [9.17, 15) is 40.9 Å². The van der Waals surface area contributed by atoms with E-state index in [1.54, 1.807) is 0 Å². The van der Waals surface area contributed by atoms with Crippen LogP contribution in [0.3, 0.4) is 0 Å².